The van der Waals surface area contributed by atoms with Crippen LogP contribution in [0, 0.1) is 0 Å². The molecule has 0 saturated carbocycles. The van der Waals surface area contributed by atoms with E-state index in [9.17, 15) is 0 Å². The van der Waals surface area contributed by atoms with Crippen LogP contribution in [0.15, 0.2) is 204 Å². The molecular weight excluding hydrogens is 725 g/mol. The van der Waals surface area contributed by atoms with Crippen LogP contribution < -0.4 is 0 Å². The molecule has 3 heterocycles. The highest BCUT2D eigenvalue weighted by Crippen LogP contribution is 2.62. The fraction of sp³-hybridized carbons (Fsp3) is 0.0189. The molecule has 10 aromatic rings. The van der Waals surface area contributed by atoms with Crippen LogP contribution >= 0.6 is 11.8 Å². The quantitative estimate of drug-likeness (QED) is 0.167. The van der Waals surface area contributed by atoms with Crippen molar-refractivity contribution in [1.29, 1.82) is 0 Å². The summed E-state index contributed by atoms with van der Waals surface area (Å²) in [5, 5.41) is 3.47. The normalized spacial score (nSPS) is 13.2. The lowest BCUT2D eigenvalue weighted by Gasteiger charge is -2.39. The zero-order valence-electron chi connectivity index (χ0n) is 31.2. The number of para-hydroxylation sites is 1. The Bertz CT molecular complexity index is 3150. The van der Waals surface area contributed by atoms with Gasteiger partial charge in [-0.2, -0.15) is 0 Å². The summed E-state index contributed by atoms with van der Waals surface area (Å²) in [5.74, 6) is 1.91. The highest BCUT2D eigenvalue weighted by molar-refractivity contribution is 7.99. The number of rotatable bonds is 4. The molecular formula is C53H32N4S. The summed E-state index contributed by atoms with van der Waals surface area (Å²) in [7, 11) is 0. The first-order chi connectivity index (χ1) is 28.7. The van der Waals surface area contributed by atoms with Crippen LogP contribution in [-0.2, 0) is 5.41 Å². The van der Waals surface area contributed by atoms with E-state index in [4.69, 9.17) is 19.9 Å². The van der Waals surface area contributed by atoms with Crippen molar-refractivity contribution < 1.29 is 0 Å². The first-order valence-electron chi connectivity index (χ1n) is 19.6. The Morgan fingerprint density at radius 3 is 1.47 bits per heavy atom. The predicted octanol–water partition coefficient (Wildman–Crippen LogP) is 13.1. The van der Waals surface area contributed by atoms with Crippen LogP contribution in [0.3, 0.4) is 0 Å². The molecule has 8 aromatic carbocycles. The first kappa shape index (κ1) is 33.0. The van der Waals surface area contributed by atoms with Crippen LogP contribution in [0.4, 0.5) is 0 Å². The SMILES string of the molecule is c1ccc(-c2nc(-c3ccccc3)nc(-c3ccc(-c4nc5ccccc5c5cc6c(cc45)C4(c5ccccc5Sc5ccccc54)c4ccccc4-6)cc3)n2)cc1. The summed E-state index contributed by atoms with van der Waals surface area (Å²) in [4.78, 5) is 22.9. The summed E-state index contributed by atoms with van der Waals surface area (Å²) in [5.41, 5.74) is 13.1. The molecule has 270 valence electrons. The predicted molar refractivity (Wildman–Crippen MR) is 236 cm³/mol. The van der Waals surface area contributed by atoms with Crippen molar-refractivity contribution >= 4 is 33.4 Å². The molecule has 1 aliphatic heterocycles. The third kappa shape index (κ3) is 4.90. The molecule has 1 aliphatic carbocycles. The second-order valence-corrected chi connectivity index (χ2v) is 16.0. The van der Waals surface area contributed by atoms with Gasteiger partial charge in [0.2, 0.25) is 0 Å². The fourth-order valence-corrected chi connectivity index (χ4v) is 10.4. The van der Waals surface area contributed by atoms with Crippen molar-refractivity contribution in [2.75, 3.05) is 0 Å². The zero-order valence-corrected chi connectivity index (χ0v) is 32.0. The minimum atomic E-state index is -0.475. The van der Waals surface area contributed by atoms with Crippen LogP contribution in [0.2, 0.25) is 0 Å². The molecule has 12 rings (SSSR count). The van der Waals surface area contributed by atoms with Gasteiger partial charge in [0.25, 0.3) is 0 Å². The van der Waals surface area contributed by atoms with Gasteiger partial charge >= 0.3 is 0 Å². The van der Waals surface area contributed by atoms with Crippen molar-refractivity contribution in [3.05, 3.63) is 216 Å². The molecule has 0 atom stereocenters. The van der Waals surface area contributed by atoms with Crippen molar-refractivity contribution in [3.8, 4) is 56.5 Å². The number of aromatic nitrogens is 4. The van der Waals surface area contributed by atoms with E-state index in [1.807, 2.05) is 72.4 Å². The molecule has 0 amide bonds. The molecule has 0 radical (unpaired) electrons. The van der Waals surface area contributed by atoms with Gasteiger partial charge in [0.15, 0.2) is 17.5 Å². The standard InChI is InChI=1S/C53H32N4S/c1-3-15-34(16-4-1)50-55-51(35-17-5-2-6-18-35)57-52(56-50)36-29-27-33(28-30-36)49-41-32-45-40(31-39(41)38-20-8-12-24-46(38)54-49)37-19-7-9-21-42(37)53(45)43-22-10-13-25-47(43)58-48-26-14-11-23-44(48)53/h1-32H. The van der Waals surface area contributed by atoms with E-state index in [1.54, 1.807) is 0 Å². The first-order valence-corrected chi connectivity index (χ1v) is 20.4. The van der Waals surface area contributed by atoms with Gasteiger partial charge < -0.3 is 0 Å². The van der Waals surface area contributed by atoms with Crippen molar-refractivity contribution in [3.63, 3.8) is 0 Å². The smallest absolute Gasteiger partial charge is 0.164 e. The van der Waals surface area contributed by atoms with E-state index < -0.39 is 5.41 Å². The van der Waals surface area contributed by atoms with Gasteiger partial charge in [-0.3, -0.25) is 0 Å². The maximum absolute atomic E-state index is 5.44. The number of benzene rings is 8. The topological polar surface area (TPSA) is 51.6 Å². The summed E-state index contributed by atoms with van der Waals surface area (Å²) >= 11 is 1.87. The minimum absolute atomic E-state index is 0.475. The van der Waals surface area contributed by atoms with Gasteiger partial charge in [-0.1, -0.05) is 176 Å². The Kier molecular flexibility index (Phi) is 7.34. The Labute approximate surface area is 340 Å². The van der Waals surface area contributed by atoms with E-state index in [0.717, 1.165) is 44.2 Å². The Morgan fingerprint density at radius 1 is 0.328 bits per heavy atom. The average Bonchev–Trinajstić information content (AvgIpc) is 3.58. The van der Waals surface area contributed by atoms with Crippen molar-refractivity contribution in [1.82, 2.24) is 19.9 Å². The summed E-state index contributed by atoms with van der Waals surface area (Å²) in [6, 6.07) is 69.1. The van der Waals surface area contributed by atoms with Gasteiger partial charge in [-0.25, -0.2) is 19.9 Å². The molecule has 0 unspecified atom stereocenters. The van der Waals surface area contributed by atoms with Gasteiger partial charge in [0, 0.05) is 42.8 Å². The summed E-state index contributed by atoms with van der Waals surface area (Å²) < 4.78 is 0. The van der Waals surface area contributed by atoms with Crippen LogP contribution in [0.5, 0.6) is 0 Å². The molecule has 58 heavy (non-hydrogen) atoms. The van der Waals surface area contributed by atoms with Gasteiger partial charge in [0.05, 0.1) is 16.6 Å². The van der Waals surface area contributed by atoms with Gasteiger partial charge in [-0.15, -0.1) is 0 Å². The molecule has 0 N–H and O–H groups in total. The van der Waals surface area contributed by atoms with Crippen molar-refractivity contribution in [2.45, 2.75) is 15.2 Å². The molecule has 4 nitrogen and oxygen atoms in total. The van der Waals surface area contributed by atoms with E-state index in [2.05, 4.69) is 133 Å². The maximum Gasteiger partial charge on any atom is 0.164 e. The maximum atomic E-state index is 5.44. The number of nitrogens with zero attached hydrogens (tertiary/aromatic N) is 4. The Balaban J connectivity index is 1.08. The highest BCUT2D eigenvalue weighted by atomic mass is 32.2. The molecule has 2 aromatic heterocycles. The van der Waals surface area contributed by atoms with Crippen LogP contribution in [-0.4, -0.2) is 19.9 Å². The van der Waals surface area contributed by atoms with E-state index in [1.165, 1.54) is 48.6 Å². The third-order valence-corrected chi connectivity index (χ3v) is 12.9. The third-order valence-electron chi connectivity index (χ3n) is 11.8. The highest BCUT2D eigenvalue weighted by Gasteiger charge is 2.50. The Hall–Kier alpha value is -7.21. The summed E-state index contributed by atoms with van der Waals surface area (Å²) in [6.07, 6.45) is 0. The summed E-state index contributed by atoms with van der Waals surface area (Å²) in [6.45, 7) is 0. The molecule has 0 saturated heterocycles. The second kappa shape index (κ2) is 12.9. The van der Waals surface area contributed by atoms with E-state index in [-0.39, 0.29) is 0 Å². The monoisotopic (exact) mass is 756 g/mol. The number of pyridine rings is 1. The van der Waals surface area contributed by atoms with E-state index >= 15 is 0 Å². The van der Waals surface area contributed by atoms with Crippen molar-refractivity contribution in [2.24, 2.45) is 0 Å². The number of hydrogen-bond donors (Lipinski definition) is 0. The lowest BCUT2D eigenvalue weighted by Crippen LogP contribution is -2.31. The molecule has 0 fully saturated rings. The second-order valence-electron chi connectivity index (χ2n) is 14.9. The molecule has 1 spiro atoms. The number of hydrogen-bond acceptors (Lipinski definition) is 5. The zero-order chi connectivity index (χ0) is 38.2. The minimum Gasteiger partial charge on any atom is -0.247 e. The van der Waals surface area contributed by atoms with Gasteiger partial charge in [-0.05, 0) is 69.1 Å². The largest absolute Gasteiger partial charge is 0.247 e. The molecule has 0 bridgehead atoms. The lowest BCUT2D eigenvalue weighted by atomic mass is 9.67. The lowest BCUT2D eigenvalue weighted by molar-refractivity contribution is 0.723. The molecule has 2 aliphatic rings. The number of fused-ring (bicyclic) bond motifs is 12. The average molecular weight is 757 g/mol. The van der Waals surface area contributed by atoms with Crippen LogP contribution in [0.25, 0.3) is 78.2 Å². The Morgan fingerprint density at radius 2 is 0.828 bits per heavy atom. The fourth-order valence-electron chi connectivity index (χ4n) is 9.23. The van der Waals surface area contributed by atoms with Crippen LogP contribution in [0.1, 0.15) is 22.3 Å². The van der Waals surface area contributed by atoms with E-state index in [0.29, 0.717) is 17.5 Å². The van der Waals surface area contributed by atoms with Gasteiger partial charge in [0.1, 0.15) is 0 Å². The molecule has 5 heteroatoms.